The van der Waals surface area contributed by atoms with Gasteiger partial charge in [-0.1, -0.05) is 26.2 Å². The topological polar surface area (TPSA) is 43.8 Å². The molecule has 0 radical (unpaired) electrons. The predicted molar refractivity (Wildman–Crippen MR) is 70.7 cm³/mol. The fourth-order valence-corrected chi connectivity index (χ4v) is 3.00. The maximum Gasteiger partial charge on any atom is 0.0521 e. The lowest BCUT2D eigenvalue weighted by Gasteiger charge is -2.39. The SMILES string of the molecule is Cn1cc(CCC(N)C2(C)CCCCC2)cn1. The molecule has 0 saturated heterocycles. The average molecular weight is 235 g/mol. The molecule has 0 bridgehead atoms. The highest BCUT2D eigenvalue weighted by molar-refractivity contribution is 5.04. The lowest BCUT2D eigenvalue weighted by Crippen LogP contribution is -2.41. The Morgan fingerprint density at radius 2 is 2.12 bits per heavy atom. The largest absolute Gasteiger partial charge is 0.327 e. The van der Waals surface area contributed by atoms with Crippen molar-refractivity contribution in [1.82, 2.24) is 9.78 Å². The molecule has 0 spiro atoms. The minimum Gasteiger partial charge on any atom is -0.327 e. The van der Waals surface area contributed by atoms with Gasteiger partial charge in [-0.05, 0) is 36.7 Å². The third-order valence-electron chi connectivity index (χ3n) is 4.39. The predicted octanol–water partition coefficient (Wildman–Crippen LogP) is 2.65. The Morgan fingerprint density at radius 1 is 1.41 bits per heavy atom. The molecule has 2 N–H and O–H groups in total. The summed E-state index contributed by atoms with van der Waals surface area (Å²) >= 11 is 0. The molecule has 1 heterocycles. The van der Waals surface area contributed by atoms with Crippen LogP contribution in [0.5, 0.6) is 0 Å². The van der Waals surface area contributed by atoms with Crippen LogP contribution in [0.1, 0.15) is 51.0 Å². The lowest BCUT2D eigenvalue weighted by molar-refractivity contribution is 0.163. The van der Waals surface area contributed by atoms with Gasteiger partial charge in [-0.2, -0.15) is 5.10 Å². The molecule has 0 aliphatic heterocycles. The minimum absolute atomic E-state index is 0.336. The molecule has 96 valence electrons. The smallest absolute Gasteiger partial charge is 0.0521 e. The summed E-state index contributed by atoms with van der Waals surface area (Å²) in [6.45, 7) is 2.38. The summed E-state index contributed by atoms with van der Waals surface area (Å²) in [4.78, 5) is 0. The Morgan fingerprint density at radius 3 is 2.71 bits per heavy atom. The van der Waals surface area contributed by atoms with E-state index in [4.69, 9.17) is 5.73 Å². The summed E-state index contributed by atoms with van der Waals surface area (Å²) in [5, 5.41) is 4.20. The number of hydrogen-bond acceptors (Lipinski definition) is 2. The minimum atomic E-state index is 0.336. The first-order valence-corrected chi connectivity index (χ1v) is 6.83. The molecule has 1 atom stereocenters. The third kappa shape index (κ3) is 3.09. The van der Waals surface area contributed by atoms with Gasteiger partial charge in [0.05, 0.1) is 6.20 Å². The van der Waals surface area contributed by atoms with Crippen LogP contribution in [0.25, 0.3) is 0 Å². The van der Waals surface area contributed by atoms with E-state index in [1.54, 1.807) is 0 Å². The van der Waals surface area contributed by atoms with Gasteiger partial charge in [0.25, 0.3) is 0 Å². The van der Waals surface area contributed by atoms with Crippen molar-refractivity contribution < 1.29 is 0 Å². The van der Waals surface area contributed by atoms with Gasteiger partial charge < -0.3 is 5.73 Å². The number of nitrogens with zero attached hydrogens (tertiary/aromatic N) is 2. The zero-order chi connectivity index (χ0) is 12.3. The number of aryl methyl sites for hydroxylation is 2. The van der Waals surface area contributed by atoms with E-state index in [1.165, 1.54) is 37.7 Å². The van der Waals surface area contributed by atoms with Gasteiger partial charge in [-0.25, -0.2) is 0 Å². The summed E-state index contributed by atoms with van der Waals surface area (Å²) < 4.78 is 1.86. The van der Waals surface area contributed by atoms with Crippen molar-refractivity contribution in [2.24, 2.45) is 18.2 Å². The molecule has 1 aromatic heterocycles. The van der Waals surface area contributed by atoms with Crippen LogP contribution in [0, 0.1) is 5.41 Å². The summed E-state index contributed by atoms with van der Waals surface area (Å²) in [6.07, 6.45) is 12.9. The number of nitrogens with two attached hydrogens (primary N) is 1. The van der Waals surface area contributed by atoms with Gasteiger partial charge >= 0.3 is 0 Å². The van der Waals surface area contributed by atoms with Crippen LogP contribution in [0.4, 0.5) is 0 Å². The van der Waals surface area contributed by atoms with E-state index >= 15 is 0 Å². The first-order valence-electron chi connectivity index (χ1n) is 6.83. The standard InChI is InChI=1S/C14H25N3/c1-14(8-4-3-5-9-14)13(15)7-6-12-10-16-17(2)11-12/h10-11,13H,3-9,15H2,1-2H3. The van der Waals surface area contributed by atoms with E-state index in [0.29, 0.717) is 11.5 Å². The molecule has 1 saturated carbocycles. The molecule has 1 unspecified atom stereocenters. The molecule has 2 rings (SSSR count). The van der Waals surface area contributed by atoms with Gasteiger partial charge in [0.2, 0.25) is 0 Å². The summed E-state index contributed by atoms with van der Waals surface area (Å²) in [6, 6.07) is 0.336. The third-order valence-corrected chi connectivity index (χ3v) is 4.39. The molecule has 3 nitrogen and oxygen atoms in total. The highest BCUT2D eigenvalue weighted by Crippen LogP contribution is 2.39. The number of rotatable bonds is 4. The summed E-state index contributed by atoms with van der Waals surface area (Å²) in [5.74, 6) is 0. The van der Waals surface area contributed by atoms with Gasteiger partial charge in [-0.15, -0.1) is 0 Å². The van der Waals surface area contributed by atoms with Crippen molar-refractivity contribution in [3.8, 4) is 0 Å². The second-order valence-electron chi connectivity index (χ2n) is 5.88. The van der Waals surface area contributed by atoms with Crippen LogP contribution in [0.15, 0.2) is 12.4 Å². The molecule has 1 fully saturated rings. The van der Waals surface area contributed by atoms with E-state index in [0.717, 1.165) is 12.8 Å². The average Bonchev–Trinajstić information content (AvgIpc) is 2.73. The van der Waals surface area contributed by atoms with Crippen molar-refractivity contribution in [1.29, 1.82) is 0 Å². The molecule has 1 aromatic rings. The number of aromatic nitrogens is 2. The highest BCUT2D eigenvalue weighted by atomic mass is 15.2. The zero-order valence-corrected chi connectivity index (χ0v) is 11.2. The van der Waals surface area contributed by atoms with Crippen LogP contribution >= 0.6 is 0 Å². The van der Waals surface area contributed by atoms with Crippen molar-refractivity contribution in [3.05, 3.63) is 18.0 Å². The molecule has 0 aromatic carbocycles. The Balaban J connectivity index is 1.85. The normalized spacial score (nSPS) is 21.4. The molecule has 1 aliphatic rings. The molecule has 17 heavy (non-hydrogen) atoms. The van der Waals surface area contributed by atoms with Crippen molar-refractivity contribution in [2.45, 2.75) is 57.9 Å². The van der Waals surface area contributed by atoms with Gasteiger partial charge in [0.15, 0.2) is 0 Å². The Hall–Kier alpha value is -0.830. The maximum atomic E-state index is 6.41. The van der Waals surface area contributed by atoms with Crippen molar-refractivity contribution in [2.75, 3.05) is 0 Å². The maximum absolute atomic E-state index is 6.41. The van der Waals surface area contributed by atoms with E-state index in [1.807, 2.05) is 17.9 Å². The Bertz CT molecular complexity index is 350. The highest BCUT2D eigenvalue weighted by Gasteiger charge is 2.32. The van der Waals surface area contributed by atoms with Crippen LogP contribution in [-0.4, -0.2) is 15.8 Å². The first-order chi connectivity index (χ1) is 8.10. The lowest BCUT2D eigenvalue weighted by atomic mass is 9.69. The quantitative estimate of drug-likeness (QED) is 0.872. The molecular weight excluding hydrogens is 210 g/mol. The van der Waals surface area contributed by atoms with Crippen molar-refractivity contribution >= 4 is 0 Å². The molecular formula is C14H25N3. The number of hydrogen-bond donors (Lipinski definition) is 1. The van der Waals surface area contributed by atoms with Crippen LogP contribution < -0.4 is 5.73 Å². The monoisotopic (exact) mass is 235 g/mol. The molecule has 1 aliphatic carbocycles. The van der Waals surface area contributed by atoms with Crippen LogP contribution in [0.3, 0.4) is 0 Å². The first kappa shape index (κ1) is 12.6. The molecule has 3 heteroatoms. The van der Waals surface area contributed by atoms with E-state index in [-0.39, 0.29) is 0 Å². The molecule has 0 amide bonds. The van der Waals surface area contributed by atoms with Gasteiger partial charge in [0.1, 0.15) is 0 Å². The Labute approximate surface area is 104 Å². The van der Waals surface area contributed by atoms with Gasteiger partial charge in [-0.3, -0.25) is 4.68 Å². The summed E-state index contributed by atoms with van der Waals surface area (Å²) in [7, 11) is 1.96. The second-order valence-corrected chi connectivity index (χ2v) is 5.88. The van der Waals surface area contributed by atoms with E-state index < -0.39 is 0 Å². The van der Waals surface area contributed by atoms with E-state index in [9.17, 15) is 0 Å². The van der Waals surface area contributed by atoms with Crippen LogP contribution in [-0.2, 0) is 13.5 Å². The summed E-state index contributed by atoms with van der Waals surface area (Å²) in [5.41, 5.74) is 8.09. The fraction of sp³-hybridized carbons (Fsp3) is 0.786. The Kier molecular flexibility index (Phi) is 3.87. The van der Waals surface area contributed by atoms with Crippen LogP contribution in [0.2, 0.25) is 0 Å². The van der Waals surface area contributed by atoms with Gasteiger partial charge in [0, 0.05) is 19.3 Å². The second kappa shape index (κ2) is 5.21. The van der Waals surface area contributed by atoms with Crippen molar-refractivity contribution in [3.63, 3.8) is 0 Å². The van der Waals surface area contributed by atoms with E-state index in [2.05, 4.69) is 18.2 Å². The zero-order valence-electron chi connectivity index (χ0n) is 11.2. The fourth-order valence-electron chi connectivity index (χ4n) is 3.00.